The van der Waals surface area contributed by atoms with Gasteiger partial charge in [0.25, 0.3) is 0 Å². The SMILES string of the molecule is Cc1sc2ncnc(N3CCC(C(=O)NCCc4ccc(OC(F)(F)F)cc4)CC3)c2c1C. The first kappa shape index (κ1) is 23.3. The van der Waals surface area contributed by atoms with Crippen molar-refractivity contribution in [3.8, 4) is 5.75 Å². The minimum absolute atomic E-state index is 0.0158. The fraction of sp³-hybridized carbons (Fsp3) is 0.435. The molecule has 3 aromatic rings. The number of rotatable bonds is 6. The number of benzene rings is 1. The molecule has 1 aromatic carbocycles. The molecule has 0 radical (unpaired) electrons. The summed E-state index contributed by atoms with van der Waals surface area (Å²) in [6.45, 7) is 6.11. The second-order valence-electron chi connectivity index (χ2n) is 8.15. The number of hydrogen-bond donors (Lipinski definition) is 1. The highest BCUT2D eigenvalue weighted by Crippen LogP contribution is 2.35. The molecule has 1 N–H and O–H groups in total. The summed E-state index contributed by atoms with van der Waals surface area (Å²) >= 11 is 1.67. The quantitative estimate of drug-likeness (QED) is 0.552. The number of aryl methyl sites for hydroxylation is 2. The number of anilines is 1. The summed E-state index contributed by atoms with van der Waals surface area (Å²) < 4.78 is 40.6. The number of ether oxygens (including phenoxy) is 1. The Kier molecular flexibility index (Phi) is 6.73. The average molecular weight is 479 g/mol. The van der Waals surface area contributed by atoms with E-state index in [0.717, 1.165) is 47.5 Å². The number of amides is 1. The van der Waals surface area contributed by atoms with Gasteiger partial charge in [0.1, 0.15) is 22.7 Å². The largest absolute Gasteiger partial charge is 0.573 e. The van der Waals surface area contributed by atoms with Crippen LogP contribution < -0.4 is 15.0 Å². The Balaban J connectivity index is 1.26. The van der Waals surface area contributed by atoms with Gasteiger partial charge in [-0.15, -0.1) is 24.5 Å². The highest BCUT2D eigenvalue weighted by Gasteiger charge is 2.31. The molecule has 6 nitrogen and oxygen atoms in total. The monoisotopic (exact) mass is 478 g/mol. The first-order chi connectivity index (χ1) is 15.7. The number of hydrogen-bond acceptors (Lipinski definition) is 6. The van der Waals surface area contributed by atoms with Crippen LogP contribution in [0.4, 0.5) is 19.0 Å². The summed E-state index contributed by atoms with van der Waals surface area (Å²) in [6, 6.07) is 5.70. The summed E-state index contributed by atoms with van der Waals surface area (Å²) in [5, 5.41) is 4.06. The topological polar surface area (TPSA) is 67.4 Å². The minimum atomic E-state index is -4.70. The summed E-state index contributed by atoms with van der Waals surface area (Å²) in [7, 11) is 0. The third-order valence-corrected chi connectivity index (χ3v) is 7.10. The Morgan fingerprint density at radius 1 is 1.18 bits per heavy atom. The maximum absolute atomic E-state index is 12.6. The lowest BCUT2D eigenvalue weighted by Crippen LogP contribution is -2.41. The van der Waals surface area contributed by atoms with Crippen molar-refractivity contribution < 1.29 is 22.7 Å². The van der Waals surface area contributed by atoms with Gasteiger partial charge in [0.15, 0.2) is 0 Å². The van der Waals surface area contributed by atoms with Gasteiger partial charge in [0.2, 0.25) is 5.91 Å². The molecule has 1 saturated heterocycles. The summed E-state index contributed by atoms with van der Waals surface area (Å²) in [5.41, 5.74) is 2.04. The van der Waals surface area contributed by atoms with E-state index >= 15 is 0 Å². The van der Waals surface area contributed by atoms with Crippen molar-refractivity contribution in [3.63, 3.8) is 0 Å². The zero-order valence-corrected chi connectivity index (χ0v) is 19.2. The van der Waals surface area contributed by atoms with Gasteiger partial charge < -0.3 is 15.0 Å². The van der Waals surface area contributed by atoms with Gasteiger partial charge in [-0.3, -0.25) is 4.79 Å². The lowest BCUT2D eigenvalue weighted by molar-refractivity contribution is -0.274. The molecule has 0 unspecified atom stereocenters. The Hall–Kier alpha value is -2.88. The Morgan fingerprint density at radius 2 is 1.88 bits per heavy atom. The van der Waals surface area contributed by atoms with Crippen LogP contribution in [0.5, 0.6) is 5.75 Å². The number of nitrogens with zero attached hydrogens (tertiary/aromatic N) is 3. The predicted octanol–water partition coefficient (Wildman–Crippen LogP) is 4.78. The third-order valence-electron chi connectivity index (χ3n) is 5.98. The fourth-order valence-electron chi connectivity index (χ4n) is 4.09. The Morgan fingerprint density at radius 3 is 2.55 bits per heavy atom. The number of halogens is 3. The second-order valence-corrected chi connectivity index (χ2v) is 9.36. The van der Waals surface area contributed by atoms with Crippen molar-refractivity contribution in [2.75, 3.05) is 24.5 Å². The van der Waals surface area contributed by atoms with E-state index in [1.807, 2.05) is 0 Å². The van der Waals surface area contributed by atoms with Gasteiger partial charge in [0, 0.05) is 30.4 Å². The van der Waals surface area contributed by atoms with Crippen molar-refractivity contribution in [1.82, 2.24) is 15.3 Å². The first-order valence-corrected chi connectivity index (χ1v) is 11.6. The molecular formula is C23H25F3N4O2S. The number of fused-ring (bicyclic) bond motifs is 1. The van der Waals surface area contributed by atoms with E-state index in [1.54, 1.807) is 29.8 Å². The van der Waals surface area contributed by atoms with Crippen molar-refractivity contribution in [2.45, 2.75) is 39.5 Å². The smallest absolute Gasteiger partial charge is 0.406 e. The maximum Gasteiger partial charge on any atom is 0.573 e. The molecular weight excluding hydrogens is 453 g/mol. The molecule has 0 saturated carbocycles. The van der Waals surface area contributed by atoms with Crippen LogP contribution in [0, 0.1) is 19.8 Å². The van der Waals surface area contributed by atoms with E-state index in [1.165, 1.54) is 22.6 Å². The van der Waals surface area contributed by atoms with Crippen LogP contribution in [-0.4, -0.2) is 41.9 Å². The van der Waals surface area contributed by atoms with Gasteiger partial charge >= 0.3 is 6.36 Å². The van der Waals surface area contributed by atoms with Crippen LogP contribution in [0.1, 0.15) is 28.8 Å². The van der Waals surface area contributed by atoms with E-state index in [-0.39, 0.29) is 17.6 Å². The molecule has 2 aromatic heterocycles. The highest BCUT2D eigenvalue weighted by molar-refractivity contribution is 7.18. The number of carbonyl (C=O) groups is 1. The molecule has 1 aliphatic heterocycles. The zero-order chi connectivity index (χ0) is 23.6. The molecule has 10 heteroatoms. The van der Waals surface area contributed by atoms with E-state index in [2.05, 4.69) is 38.8 Å². The van der Waals surface area contributed by atoms with Gasteiger partial charge in [-0.05, 0) is 56.4 Å². The van der Waals surface area contributed by atoms with E-state index in [9.17, 15) is 18.0 Å². The second kappa shape index (κ2) is 9.54. The third kappa shape index (κ3) is 5.55. The number of alkyl halides is 3. The van der Waals surface area contributed by atoms with Crippen molar-refractivity contribution >= 4 is 33.3 Å². The summed E-state index contributed by atoms with van der Waals surface area (Å²) in [5.74, 6) is 0.642. The number of carbonyl (C=O) groups excluding carboxylic acids is 1. The maximum atomic E-state index is 12.6. The van der Waals surface area contributed by atoms with Crippen molar-refractivity contribution in [2.24, 2.45) is 5.92 Å². The predicted molar refractivity (Wildman–Crippen MR) is 122 cm³/mol. The molecule has 0 aliphatic carbocycles. The van der Waals surface area contributed by atoms with Crippen molar-refractivity contribution in [1.29, 1.82) is 0 Å². The Labute approximate surface area is 193 Å². The lowest BCUT2D eigenvalue weighted by atomic mass is 9.95. The summed E-state index contributed by atoms with van der Waals surface area (Å²) in [4.78, 5) is 26.0. The molecule has 0 atom stereocenters. The first-order valence-electron chi connectivity index (χ1n) is 10.8. The molecule has 3 heterocycles. The van der Waals surface area contributed by atoms with Crippen LogP contribution in [0.25, 0.3) is 10.2 Å². The highest BCUT2D eigenvalue weighted by atomic mass is 32.1. The van der Waals surface area contributed by atoms with Crippen LogP contribution >= 0.6 is 11.3 Å². The zero-order valence-electron chi connectivity index (χ0n) is 18.4. The van der Waals surface area contributed by atoms with Crippen LogP contribution in [0.3, 0.4) is 0 Å². The molecule has 4 rings (SSSR count). The van der Waals surface area contributed by atoms with E-state index in [0.29, 0.717) is 13.0 Å². The molecule has 1 aliphatic rings. The molecule has 176 valence electrons. The number of thiophene rings is 1. The van der Waals surface area contributed by atoms with Gasteiger partial charge in [0.05, 0.1) is 5.39 Å². The molecule has 0 spiro atoms. The molecule has 0 bridgehead atoms. The fourth-order valence-corrected chi connectivity index (χ4v) is 5.08. The standard InChI is InChI=1S/C23H25F3N4O2S/c1-14-15(2)33-22-19(14)20(28-13-29-22)30-11-8-17(9-12-30)21(31)27-10-7-16-3-5-18(6-4-16)32-23(24,25)26/h3-6,13,17H,7-12H2,1-2H3,(H,27,31). The van der Waals surface area contributed by atoms with Crippen molar-refractivity contribution in [3.05, 3.63) is 46.6 Å². The van der Waals surface area contributed by atoms with Crippen LogP contribution in [0.2, 0.25) is 0 Å². The molecule has 33 heavy (non-hydrogen) atoms. The van der Waals surface area contributed by atoms with Gasteiger partial charge in [-0.1, -0.05) is 12.1 Å². The van der Waals surface area contributed by atoms with Gasteiger partial charge in [-0.2, -0.15) is 0 Å². The van der Waals surface area contributed by atoms with E-state index < -0.39 is 6.36 Å². The number of aromatic nitrogens is 2. The lowest BCUT2D eigenvalue weighted by Gasteiger charge is -2.32. The van der Waals surface area contributed by atoms with Crippen LogP contribution in [0.15, 0.2) is 30.6 Å². The normalized spacial score (nSPS) is 15.1. The van der Waals surface area contributed by atoms with Gasteiger partial charge in [-0.25, -0.2) is 9.97 Å². The molecule has 1 fully saturated rings. The Bertz CT molecular complexity index is 1120. The average Bonchev–Trinajstić information content (AvgIpc) is 3.07. The number of piperidine rings is 1. The van der Waals surface area contributed by atoms with E-state index in [4.69, 9.17) is 0 Å². The van der Waals surface area contributed by atoms with Crippen LogP contribution in [-0.2, 0) is 11.2 Å². The summed E-state index contributed by atoms with van der Waals surface area (Å²) in [6.07, 6.45) is -1.09. The molecule has 1 amide bonds. The minimum Gasteiger partial charge on any atom is -0.406 e. The number of nitrogens with one attached hydrogen (secondary N) is 1.